The van der Waals surface area contributed by atoms with Crippen molar-refractivity contribution in [2.24, 2.45) is 5.92 Å². The van der Waals surface area contributed by atoms with Gasteiger partial charge in [0, 0.05) is 24.2 Å². The van der Waals surface area contributed by atoms with Crippen molar-refractivity contribution in [2.75, 3.05) is 31.1 Å². The molecule has 1 aliphatic heterocycles. The van der Waals surface area contributed by atoms with Gasteiger partial charge in [0.25, 0.3) is 11.8 Å². The summed E-state index contributed by atoms with van der Waals surface area (Å²) in [7, 11) is 0. The number of nitrogens with zero attached hydrogens (tertiary/aromatic N) is 1. The molecule has 3 amide bonds. The van der Waals surface area contributed by atoms with Crippen LogP contribution in [-0.2, 0) is 14.4 Å². The van der Waals surface area contributed by atoms with Crippen LogP contribution in [0, 0.1) is 11.7 Å². The molecule has 1 aliphatic carbocycles. The van der Waals surface area contributed by atoms with E-state index in [2.05, 4.69) is 10.6 Å². The SMILES string of the molecule is O=C(COc1ccc(Cl)c(F)c1)NCCCNC(=O)C1CN(C(=O)[C@H]2C[C@@H]2F)c2cc(Cl)ccc2O1. The first kappa shape index (κ1) is 26.0. The highest BCUT2D eigenvalue weighted by molar-refractivity contribution is 6.31. The zero-order valence-electron chi connectivity index (χ0n) is 18.9. The van der Waals surface area contributed by atoms with Crippen LogP contribution in [0.5, 0.6) is 11.5 Å². The number of carbonyl (C=O) groups excluding carboxylic acids is 3. The summed E-state index contributed by atoms with van der Waals surface area (Å²) in [5.74, 6) is -2.15. The summed E-state index contributed by atoms with van der Waals surface area (Å²) in [5.41, 5.74) is 0.405. The highest BCUT2D eigenvalue weighted by Crippen LogP contribution is 2.41. The van der Waals surface area contributed by atoms with Crippen molar-refractivity contribution >= 4 is 46.6 Å². The van der Waals surface area contributed by atoms with Crippen LogP contribution in [0.3, 0.4) is 0 Å². The van der Waals surface area contributed by atoms with Crippen LogP contribution < -0.4 is 25.0 Å². The van der Waals surface area contributed by atoms with Crippen molar-refractivity contribution in [1.82, 2.24) is 10.6 Å². The first-order valence-corrected chi connectivity index (χ1v) is 12.0. The second kappa shape index (κ2) is 11.3. The van der Waals surface area contributed by atoms with Crippen LogP contribution in [-0.4, -0.2) is 56.2 Å². The fourth-order valence-electron chi connectivity index (χ4n) is 3.63. The number of carbonyl (C=O) groups is 3. The topological polar surface area (TPSA) is 97.0 Å². The van der Waals surface area contributed by atoms with Gasteiger partial charge in [0.2, 0.25) is 5.91 Å². The number of rotatable bonds is 9. The molecular weight excluding hydrogens is 519 g/mol. The van der Waals surface area contributed by atoms with Gasteiger partial charge in [-0.15, -0.1) is 0 Å². The lowest BCUT2D eigenvalue weighted by Crippen LogP contribution is -2.51. The quantitative estimate of drug-likeness (QED) is 0.475. The first-order chi connectivity index (χ1) is 17.2. The highest BCUT2D eigenvalue weighted by atomic mass is 35.5. The van der Waals surface area contributed by atoms with Gasteiger partial charge in [0.05, 0.1) is 23.2 Å². The third-order valence-corrected chi connectivity index (χ3v) is 6.20. The number of halogens is 4. The maximum absolute atomic E-state index is 13.5. The summed E-state index contributed by atoms with van der Waals surface area (Å²) in [6.45, 7) is 0.116. The second-order valence-corrected chi connectivity index (χ2v) is 9.23. The largest absolute Gasteiger partial charge is 0.484 e. The minimum absolute atomic E-state index is 0.0447. The normalized spacial score (nSPS) is 20.1. The Hall–Kier alpha value is -3.11. The molecule has 1 unspecified atom stereocenters. The Labute approximate surface area is 215 Å². The molecule has 192 valence electrons. The number of hydrogen-bond donors (Lipinski definition) is 2. The van der Waals surface area contributed by atoms with Crippen molar-refractivity contribution in [3.05, 3.63) is 52.3 Å². The Bertz CT molecular complexity index is 1170. The lowest BCUT2D eigenvalue weighted by atomic mass is 10.1. The fourth-order valence-corrected chi connectivity index (χ4v) is 3.91. The monoisotopic (exact) mass is 541 g/mol. The third-order valence-electron chi connectivity index (χ3n) is 5.65. The molecule has 12 heteroatoms. The molecule has 1 saturated carbocycles. The number of hydrogen-bond acceptors (Lipinski definition) is 5. The predicted octanol–water partition coefficient (Wildman–Crippen LogP) is 3.29. The van der Waals surface area contributed by atoms with Crippen LogP contribution in [0.2, 0.25) is 10.0 Å². The van der Waals surface area contributed by atoms with E-state index in [0.717, 1.165) is 6.07 Å². The van der Waals surface area contributed by atoms with E-state index in [4.69, 9.17) is 32.7 Å². The fraction of sp³-hybridized carbons (Fsp3) is 0.375. The number of fused-ring (bicyclic) bond motifs is 1. The van der Waals surface area contributed by atoms with Crippen LogP contribution in [0.25, 0.3) is 0 Å². The minimum Gasteiger partial charge on any atom is -0.484 e. The predicted molar refractivity (Wildman–Crippen MR) is 129 cm³/mol. The molecule has 36 heavy (non-hydrogen) atoms. The molecule has 2 aromatic rings. The second-order valence-electron chi connectivity index (χ2n) is 8.38. The molecule has 0 aromatic heterocycles. The zero-order chi connectivity index (χ0) is 25.8. The number of nitrogens with one attached hydrogen (secondary N) is 2. The Kier molecular flexibility index (Phi) is 8.15. The van der Waals surface area contributed by atoms with E-state index in [-0.39, 0.29) is 43.4 Å². The maximum Gasteiger partial charge on any atom is 0.262 e. The average molecular weight is 542 g/mol. The average Bonchev–Trinajstić information content (AvgIpc) is 3.59. The van der Waals surface area contributed by atoms with Crippen molar-refractivity contribution in [2.45, 2.75) is 25.1 Å². The van der Waals surface area contributed by atoms with Crippen LogP contribution in [0.4, 0.5) is 14.5 Å². The maximum atomic E-state index is 13.5. The summed E-state index contributed by atoms with van der Waals surface area (Å²) in [6.07, 6.45) is -1.58. The van der Waals surface area contributed by atoms with E-state index in [0.29, 0.717) is 22.9 Å². The smallest absolute Gasteiger partial charge is 0.262 e. The zero-order valence-corrected chi connectivity index (χ0v) is 20.5. The van der Waals surface area contributed by atoms with Gasteiger partial charge in [-0.05, 0) is 43.2 Å². The Morgan fingerprint density at radius 3 is 2.58 bits per heavy atom. The van der Waals surface area contributed by atoms with Gasteiger partial charge in [-0.2, -0.15) is 0 Å². The van der Waals surface area contributed by atoms with E-state index < -0.39 is 41.7 Å². The molecule has 0 radical (unpaired) electrons. The van der Waals surface area contributed by atoms with E-state index in [1.807, 2.05) is 0 Å². The third kappa shape index (κ3) is 6.36. The summed E-state index contributed by atoms with van der Waals surface area (Å²) in [4.78, 5) is 38.7. The van der Waals surface area contributed by atoms with Gasteiger partial charge < -0.3 is 25.0 Å². The first-order valence-electron chi connectivity index (χ1n) is 11.3. The van der Waals surface area contributed by atoms with Crippen molar-refractivity contribution in [3.8, 4) is 11.5 Å². The minimum atomic E-state index is -1.18. The Morgan fingerprint density at radius 1 is 1.11 bits per heavy atom. The number of anilines is 1. The van der Waals surface area contributed by atoms with Gasteiger partial charge in [0.1, 0.15) is 23.5 Å². The number of alkyl halides is 1. The van der Waals surface area contributed by atoms with E-state index in [1.165, 1.54) is 17.0 Å². The summed E-state index contributed by atoms with van der Waals surface area (Å²) >= 11 is 11.6. The number of benzene rings is 2. The highest BCUT2D eigenvalue weighted by Gasteiger charge is 2.48. The lowest BCUT2D eigenvalue weighted by Gasteiger charge is -2.34. The van der Waals surface area contributed by atoms with Gasteiger partial charge >= 0.3 is 0 Å². The summed E-state index contributed by atoms with van der Waals surface area (Å²) in [5, 5.41) is 5.68. The van der Waals surface area contributed by atoms with Gasteiger partial charge in [-0.3, -0.25) is 14.4 Å². The molecule has 0 saturated heterocycles. The molecular formula is C24H23Cl2F2N3O5. The lowest BCUT2D eigenvalue weighted by molar-refractivity contribution is -0.128. The summed E-state index contributed by atoms with van der Waals surface area (Å²) < 4.78 is 37.9. The standard InChI is InChI=1S/C24H23Cl2F2N3O5/c25-13-2-5-20-19(8-13)31(24(34)15-10-17(15)27)11-21(36-20)23(33)30-7-1-6-29-22(32)12-35-14-3-4-16(26)18(28)9-14/h2-5,8-9,15,17,21H,1,6-7,10-12H2,(H,29,32)(H,30,33)/t15-,17-,21?/m0/s1. The van der Waals surface area contributed by atoms with Crippen molar-refractivity contribution < 1.29 is 32.6 Å². The van der Waals surface area contributed by atoms with Crippen LogP contribution in [0.15, 0.2) is 36.4 Å². The molecule has 3 atom stereocenters. The molecule has 8 nitrogen and oxygen atoms in total. The molecule has 0 bridgehead atoms. The summed E-state index contributed by atoms with van der Waals surface area (Å²) in [6, 6.07) is 8.55. The number of ether oxygens (including phenoxy) is 2. The van der Waals surface area contributed by atoms with Gasteiger partial charge in [-0.25, -0.2) is 8.78 Å². The molecule has 2 aromatic carbocycles. The van der Waals surface area contributed by atoms with Gasteiger partial charge in [0.15, 0.2) is 12.7 Å². The molecule has 4 rings (SSSR count). The Balaban J connectivity index is 1.21. The van der Waals surface area contributed by atoms with Crippen molar-refractivity contribution in [3.63, 3.8) is 0 Å². The van der Waals surface area contributed by atoms with Crippen LogP contribution >= 0.6 is 23.2 Å². The van der Waals surface area contributed by atoms with Crippen molar-refractivity contribution in [1.29, 1.82) is 0 Å². The molecule has 1 fully saturated rings. The molecule has 0 spiro atoms. The Morgan fingerprint density at radius 2 is 1.86 bits per heavy atom. The molecule has 2 N–H and O–H groups in total. The number of amides is 3. The van der Waals surface area contributed by atoms with E-state index in [9.17, 15) is 23.2 Å². The molecule has 2 aliphatic rings. The van der Waals surface area contributed by atoms with Crippen LogP contribution in [0.1, 0.15) is 12.8 Å². The van der Waals surface area contributed by atoms with Gasteiger partial charge in [-0.1, -0.05) is 23.2 Å². The van der Waals surface area contributed by atoms with E-state index >= 15 is 0 Å². The molecule has 1 heterocycles. The van der Waals surface area contributed by atoms with E-state index in [1.54, 1.807) is 18.2 Å².